The lowest BCUT2D eigenvalue weighted by Crippen LogP contribution is -2.16. The van der Waals surface area contributed by atoms with Crippen LogP contribution in [-0.4, -0.2) is 31.7 Å². The van der Waals surface area contributed by atoms with E-state index >= 15 is 0 Å². The first-order valence-corrected chi connectivity index (χ1v) is 6.55. The van der Waals surface area contributed by atoms with Gasteiger partial charge in [0.05, 0.1) is 13.2 Å². The lowest BCUT2D eigenvalue weighted by molar-refractivity contribution is 0.0409. The van der Waals surface area contributed by atoms with Crippen molar-refractivity contribution in [3.05, 3.63) is 0 Å². The molecular weight excluding hydrogens is 208 g/mol. The molecule has 0 aromatic heterocycles. The number of ether oxygens (including phenoxy) is 2. The average molecular weight is 234 g/mol. The van der Waals surface area contributed by atoms with Crippen molar-refractivity contribution in [2.24, 2.45) is 5.92 Å². The van der Waals surface area contributed by atoms with Gasteiger partial charge in [0.2, 0.25) is 0 Å². The van der Waals surface area contributed by atoms with Gasteiger partial charge in [0.25, 0.3) is 0 Å². The van der Waals surface area contributed by atoms with Gasteiger partial charge in [0.1, 0.15) is 0 Å². The van der Waals surface area contributed by atoms with Gasteiger partial charge in [-0.15, -0.1) is 0 Å². The summed E-state index contributed by atoms with van der Waals surface area (Å²) >= 11 is 4.33. The molecule has 0 bridgehead atoms. The second-order valence-electron chi connectivity index (χ2n) is 4.00. The van der Waals surface area contributed by atoms with E-state index in [9.17, 15) is 0 Å². The van der Waals surface area contributed by atoms with Gasteiger partial charge in [-0.05, 0) is 31.4 Å². The minimum Gasteiger partial charge on any atom is -0.381 e. The van der Waals surface area contributed by atoms with Crippen molar-refractivity contribution in [3.63, 3.8) is 0 Å². The Bertz CT molecular complexity index is 129. The minimum atomic E-state index is 0.485. The molecule has 3 heteroatoms. The third-order valence-corrected chi connectivity index (χ3v) is 2.66. The zero-order chi connectivity index (χ0) is 11.5. The van der Waals surface area contributed by atoms with Gasteiger partial charge in [0.15, 0.2) is 0 Å². The zero-order valence-electron chi connectivity index (χ0n) is 10.4. The SMILES string of the molecule is CCOCC(CC)COCCCC(C)S. The van der Waals surface area contributed by atoms with Crippen LogP contribution in [0.5, 0.6) is 0 Å². The maximum Gasteiger partial charge on any atom is 0.0516 e. The highest BCUT2D eigenvalue weighted by Crippen LogP contribution is 2.06. The van der Waals surface area contributed by atoms with Crippen LogP contribution >= 0.6 is 12.6 Å². The summed E-state index contributed by atoms with van der Waals surface area (Å²) in [4.78, 5) is 0. The van der Waals surface area contributed by atoms with Crippen molar-refractivity contribution in [3.8, 4) is 0 Å². The Labute approximate surface area is 100 Å². The second kappa shape index (κ2) is 10.8. The lowest BCUT2D eigenvalue weighted by Gasteiger charge is -2.15. The van der Waals surface area contributed by atoms with Gasteiger partial charge in [0, 0.05) is 19.1 Å². The summed E-state index contributed by atoms with van der Waals surface area (Å²) in [5.41, 5.74) is 0. The molecule has 2 unspecified atom stereocenters. The molecule has 0 aliphatic rings. The molecule has 15 heavy (non-hydrogen) atoms. The number of hydrogen-bond donors (Lipinski definition) is 1. The predicted molar refractivity (Wildman–Crippen MR) is 68.8 cm³/mol. The van der Waals surface area contributed by atoms with Gasteiger partial charge >= 0.3 is 0 Å². The van der Waals surface area contributed by atoms with E-state index in [1.165, 1.54) is 0 Å². The monoisotopic (exact) mass is 234 g/mol. The highest BCUT2D eigenvalue weighted by atomic mass is 32.1. The second-order valence-corrected chi connectivity index (χ2v) is 4.88. The molecule has 0 spiro atoms. The van der Waals surface area contributed by atoms with E-state index in [-0.39, 0.29) is 0 Å². The van der Waals surface area contributed by atoms with Gasteiger partial charge in [-0.25, -0.2) is 0 Å². The van der Waals surface area contributed by atoms with E-state index in [4.69, 9.17) is 9.47 Å². The van der Waals surface area contributed by atoms with Crippen LogP contribution in [0, 0.1) is 5.92 Å². The molecule has 0 rings (SSSR count). The van der Waals surface area contributed by atoms with Gasteiger partial charge < -0.3 is 9.47 Å². The molecule has 92 valence electrons. The summed E-state index contributed by atoms with van der Waals surface area (Å²) in [6.07, 6.45) is 3.37. The molecule has 0 saturated carbocycles. The van der Waals surface area contributed by atoms with Gasteiger partial charge in [-0.3, -0.25) is 0 Å². The Morgan fingerprint density at radius 2 is 1.80 bits per heavy atom. The highest BCUT2D eigenvalue weighted by Gasteiger charge is 2.06. The van der Waals surface area contributed by atoms with Crippen molar-refractivity contribution in [2.75, 3.05) is 26.4 Å². The normalized spacial score (nSPS) is 15.2. The topological polar surface area (TPSA) is 18.5 Å². The largest absolute Gasteiger partial charge is 0.381 e. The van der Waals surface area contributed by atoms with Gasteiger partial charge in [-0.2, -0.15) is 12.6 Å². The standard InChI is InChI=1S/C12H26O2S/c1-4-12(9-13-5-2)10-14-8-6-7-11(3)15/h11-12,15H,4-10H2,1-3H3. The van der Waals surface area contributed by atoms with E-state index in [1.54, 1.807) is 0 Å². The Hall–Kier alpha value is 0.270. The summed E-state index contributed by atoms with van der Waals surface area (Å²) < 4.78 is 11.0. The van der Waals surface area contributed by atoms with Crippen LogP contribution < -0.4 is 0 Å². The van der Waals surface area contributed by atoms with Crippen molar-refractivity contribution in [1.29, 1.82) is 0 Å². The molecule has 0 aromatic carbocycles. The molecule has 0 heterocycles. The van der Waals surface area contributed by atoms with Crippen molar-refractivity contribution in [2.45, 2.75) is 45.3 Å². The first kappa shape index (κ1) is 15.3. The average Bonchev–Trinajstić information content (AvgIpc) is 2.21. The first-order chi connectivity index (χ1) is 7.20. The van der Waals surface area contributed by atoms with Crippen LogP contribution in [0.15, 0.2) is 0 Å². The van der Waals surface area contributed by atoms with E-state index in [0.29, 0.717) is 11.2 Å². The molecule has 0 fully saturated rings. The minimum absolute atomic E-state index is 0.485. The molecule has 0 saturated heterocycles. The van der Waals surface area contributed by atoms with Crippen molar-refractivity contribution >= 4 is 12.6 Å². The fourth-order valence-corrected chi connectivity index (χ4v) is 1.48. The summed E-state index contributed by atoms with van der Waals surface area (Å²) in [6, 6.07) is 0. The summed E-state index contributed by atoms with van der Waals surface area (Å²) in [5.74, 6) is 0.554. The summed E-state index contributed by atoms with van der Waals surface area (Å²) in [6.45, 7) is 9.65. The molecule has 0 N–H and O–H groups in total. The smallest absolute Gasteiger partial charge is 0.0516 e. The van der Waals surface area contributed by atoms with Crippen LogP contribution in [0.1, 0.15) is 40.0 Å². The van der Waals surface area contributed by atoms with E-state index in [2.05, 4.69) is 26.5 Å². The molecule has 0 aromatic rings. The van der Waals surface area contributed by atoms with Crippen LogP contribution in [-0.2, 0) is 9.47 Å². The fourth-order valence-electron chi connectivity index (χ4n) is 1.30. The van der Waals surface area contributed by atoms with Crippen LogP contribution in [0.2, 0.25) is 0 Å². The highest BCUT2D eigenvalue weighted by molar-refractivity contribution is 7.80. The van der Waals surface area contributed by atoms with E-state index in [0.717, 1.165) is 45.7 Å². The lowest BCUT2D eigenvalue weighted by atomic mass is 10.1. The molecular formula is C12H26O2S. The quantitative estimate of drug-likeness (QED) is 0.462. The Morgan fingerprint density at radius 1 is 1.13 bits per heavy atom. The Kier molecular flexibility index (Phi) is 11.0. The number of hydrogen-bond acceptors (Lipinski definition) is 3. The fraction of sp³-hybridized carbons (Fsp3) is 1.00. The first-order valence-electron chi connectivity index (χ1n) is 6.04. The molecule has 2 nitrogen and oxygen atoms in total. The molecule has 0 radical (unpaired) electrons. The van der Waals surface area contributed by atoms with Crippen LogP contribution in [0.3, 0.4) is 0 Å². The van der Waals surface area contributed by atoms with E-state index in [1.807, 2.05) is 6.92 Å². The number of thiol groups is 1. The number of rotatable bonds is 10. The van der Waals surface area contributed by atoms with Crippen molar-refractivity contribution in [1.82, 2.24) is 0 Å². The summed E-state index contributed by atoms with van der Waals surface area (Å²) in [7, 11) is 0. The van der Waals surface area contributed by atoms with Crippen LogP contribution in [0.25, 0.3) is 0 Å². The third-order valence-electron chi connectivity index (χ3n) is 2.40. The van der Waals surface area contributed by atoms with Crippen molar-refractivity contribution < 1.29 is 9.47 Å². The Morgan fingerprint density at radius 3 is 2.33 bits per heavy atom. The zero-order valence-corrected chi connectivity index (χ0v) is 11.3. The molecule has 0 aliphatic heterocycles. The van der Waals surface area contributed by atoms with E-state index < -0.39 is 0 Å². The van der Waals surface area contributed by atoms with Crippen LogP contribution in [0.4, 0.5) is 0 Å². The third kappa shape index (κ3) is 10.6. The molecule has 2 atom stereocenters. The molecule has 0 amide bonds. The van der Waals surface area contributed by atoms with Gasteiger partial charge in [-0.1, -0.05) is 13.8 Å². The Balaban J connectivity index is 3.30. The summed E-state index contributed by atoms with van der Waals surface area (Å²) in [5, 5.41) is 0.485. The maximum absolute atomic E-state index is 5.62. The molecule has 0 aliphatic carbocycles. The predicted octanol–water partition coefficient (Wildman–Crippen LogP) is 3.16. The maximum atomic E-state index is 5.62.